The van der Waals surface area contributed by atoms with Crippen LogP contribution in [0.2, 0.25) is 0 Å². The number of amides is 1. The van der Waals surface area contributed by atoms with Crippen LogP contribution in [0.5, 0.6) is 5.75 Å². The fourth-order valence-electron chi connectivity index (χ4n) is 3.00. The number of aliphatic carboxylic acids is 1. The fraction of sp³-hybridized carbons (Fsp3) is 0.467. The van der Waals surface area contributed by atoms with Crippen molar-refractivity contribution in [2.45, 2.75) is 38.6 Å². The number of nitrogens with zero attached hydrogens (tertiary/aromatic N) is 3. The fourth-order valence-corrected chi connectivity index (χ4v) is 3.00. The second kappa shape index (κ2) is 5.66. The molecule has 3 rings (SSSR count). The topological polar surface area (TPSA) is 126 Å². The summed E-state index contributed by atoms with van der Waals surface area (Å²) in [7, 11) is 1.45. The first-order chi connectivity index (χ1) is 11.3. The van der Waals surface area contributed by atoms with Crippen LogP contribution in [0.1, 0.15) is 41.4 Å². The smallest absolute Gasteiger partial charge is 0.325 e. The minimum absolute atomic E-state index is 0.333. The van der Waals surface area contributed by atoms with Crippen molar-refractivity contribution < 1.29 is 19.8 Å². The molecule has 0 bridgehead atoms. The van der Waals surface area contributed by atoms with Crippen LogP contribution in [-0.2, 0) is 24.7 Å². The lowest BCUT2D eigenvalue weighted by atomic mass is 9.96. The Balaban J connectivity index is 2.20. The maximum atomic E-state index is 12.4. The van der Waals surface area contributed by atoms with Crippen molar-refractivity contribution in [1.29, 1.82) is 0 Å². The number of aryl methyl sites for hydroxylation is 3. The summed E-state index contributed by atoms with van der Waals surface area (Å²) in [6.07, 6.45) is 3.38. The maximum absolute atomic E-state index is 12.4. The molecule has 2 aromatic rings. The Morgan fingerprint density at radius 3 is 2.62 bits per heavy atom. The maximum Gasteiger partial charge on any atom is 0.325 e. The van der Waals surface area contributed by atoms with Crippen LogP contribution in [-0.4, -0.2) is 42.5 Å². The van der Waals surface area contributed by atoms with Crippen molar-refractivity contribution in [3.8, 4) is 5.75 Å². The number of aromatic hydroxyl groups is 1. The molecule has 1 amide bonds. The van der Waals surface area contributed by atoms with Crippen LogP contribution in [0.3, 0.4) is 0 Å². The molecule has 1 aliphatic rings. The SMILES string of the molecule is C[C@H](NC(=O)c1c(O)c2c3c(nn2n(C)c1=O)CCCC3)C(=O)O. The van der Waals surface area contributed by atoms with Gasteiger partial charge < -0.3 is 15.5 Å². The van der Waals surface area contributed by atoms with Crippen LogP contribution in [0.25, 0.3) is 5.52 Å². The van der Waals surface area contributed by atoms with Gasteiger partial charge in [-0.2, -0.15) is 9.73 Å². The number of fused-ring (bicyclic) bond motifs is 3. The van der Waals surface area contributed by atoms with Gasteiger partial charge in [-0.3, -0.25) is 14.4 Å². The number of carbonyl (C=O) groups excluding carboxylic acids is 1. The second-order valence-corrected chi connectivity index (χ2v) is 5.96. The minimum Gasteiger partial charge on any atom is -0.505 e. The van der Waals surface area contributed by atoms with Crippen molar-refractivity contribution in [1.82, 2.24) is 19.7 Å². The summed E-state index contributed by atoms with van der Waals surface area (Å²) in [5, 5.41) is 26.0. The van der Waals surface area contributed by atoms with Crippen LogP contribution >= 0.6 is 0 Å². The van der Waals surface area contributed by atoms with Crippen LogP contribution in [0.15, 0.2) is 4.79 Å². The van der Waals surface area contributed by atoms with Gasteiger partial charge in [-0.15, -0.1) is 0 Å². The van der Waals surface area contributed by atoms with Gasteiger partial charge in [0.15, 0.2) is 11.3 Å². The van der Waals surface area contributed by atoms with Crippen molar-refractivity contribution in [3.05, 3.63) is 27.2 Å². The Morgan fingerprint density at radius 2 is 1.96 bits per heavy atom. The molecule has 3 N–H and O–H groups in total. The van der Waals surface area contributed by atoms with E-state index in [1.807, 2.05) is 0 Å². The lowest BCUT2D eigenvalue weighted by Gasteiger charge is -2.13. The molecular weight excluding hydrogens is 316 g/mol. The molecule has 0 saturated heterocycles. The second-order valence-electron chi connectivity index (χ2n) is 5.96. The molecule has 0 aliphatic heterocycles. The molecule has 128 valence electrons. The molecule has 2 aromatic heterocycles. The van der Waals surface area contributed by atoms with Crippen LogP contribution in [0.4, 0.5) is 0 Å². The van der Waals surface area contributed by atoms with Crippen molar-refractivity contribution >= 4 is 17.4 Å². The van der Waals surface area contributed by atoms with E-state index in [-0.39, 0.29) is 0 Å². The summed E-state index contributed by atoms with van der Waals surface area (Å²) in [4.78, 5) is 35.6. The van der Waals surface area contributed by atoms with E-state index in [2.05, 4.69) is 10.4 Å². The summed E-state index contributed by atoms with van der Waals surface area (Å²) in [5.74, 6) is -2.61. The summed E-state index contributed by atoms with van der Waals surface area (Å²) in [5.41, 5.74) is 0.763. The Hall–Kier alpha value is -2.84. The predicted molar refractivity (Wildman–Crippen MR) is 83.3 cm³/mol. The average Bonchev–Trinajstić information content (AvgIpc) is 2.92. The molecular formula is C15H18N4O5. The monoisotopic (exact) mass is 334 g/mol. The summed E-state index contributed by atoms with van der Waals surface area (Å²) >= 11 is 0. The lowest BCUT2D eigenvalue weighted by Crippen LogP contribution is -2.42. The van der Waals surface area contributed by atoms with Gasteiger partial charge in [0.25, 0.3) is 11.5 Å². The average molecular weight is 334 g/mol. The van der Waals surface area contributed by atoms with Crippen LogP contribution < -0.4 is 10.9 Å². The van der Waals surface area contributed by atoms with Gasteiger partial charge in [0, 0.05) is 12.6 Å². The van der Waals surface area contributed by atoms with Crippen molar-refractivity contribution in [3.63, 3.8) is 0 Å². The van der Waals surface area contributed by atoms with Gasteiger partial charge in [0.2, 0.25) is 0 Å². The third kappa shape index (κ3) is 2.32. The standard InChI is InChI=1S/C15H18N4O5/c1-7(15(23)24)16-13(21)10-12(20)11-8-5-3-4-6-9(8)17-19(11)18(2)14(10)22/h7,20H,3-6H2,1-2H3,(H,16,21)(H,23,24)/t7-/m0/s1. The van der Waals surface area contributed by atoms with Gasteiger partial charge in [-0.05, 0) is 32.6 Å². The Morgan fingerprint density at radius 1 is 1.29 bits per heavy atom. The van der Waals surface area contributed by atoms with E-state index in [1.54, 1.807) is 0 Å². The number of hydrogen-bond donors (Lipinski definition) is 3. The number of nitrogens with one attached hydrogen (secondary N) is 1. The zero-order valence-electron chi connectivity index (χ0n) is 13.4. The van der Waals surface area contributed by atoms with Gasteiger partial charge in [-0.25, -0.2) is 4.68 Å². The Bertz CT molecular complexity index is 911. The lowest BCUT2D eigenvalue weighted by molar-refractivity contribution is -0.138. The number of carboxylic acids is 1. The molecule has 24 heavy (non-hydrogen) atoms. The molecule has 2 heterocycles. The summed E-state index contributed by atoms with van der Waals surface area (Å²) in [6.45, 7) is 1.28. The predicted octanol–water partition coefficient (Wildman–Crippen LogP) is -0.180. The largest absolute Gasteiger partial charge is 0.505 e. The number of hydrogen-bond acceptors (Lipinski definition) is 5. The van der Waals surface area contributed by atoms with E-state index in [0.717, 1.165) is 35.2 Å². The molecule has 0 saturated carbocycles. The molecule has 0 fully saturated rings. The van der Waals surface area contributed by atoms with Crippen molar-refractivity contribution in [2.75, 3.05) is 0 Å². The molecule has 0 radical (unpaired) electrons. The van der Waals surface area contributed by atoms with E-state index in [9.17, 15) is 19.5 Å². The number of aromatic nitrogens is 3. The third-order valence-corrected chi connectivity index (χ3v) is 4.34. The highest BCUT2D eigenvalue weighted by Gasteiger charge is 2.28. The molecule has 0 spiro atoms. The van der Waals surface area contributed by atoms with Crippen LogP contribution in [0, 0.1) is 0 Å². The summed E-state index contributed by atoms with van der Waals surface area (Å²) in [6, 6.07) is -1.18. The van der Waals surface area contributed by atoms with E-state index >= 15 is 0 Å². The molecule has 1 atom stereocenters. The normalized spacial score (nSPS) is 15.1. The highest BCUT2D eigenvalue weighted by Crippen LogP contribution is 2.31. The Kier molecular flexibility index (Phi) is 3.78. The van der Waals surface area contributed by atoms with E-state index in [1.165, 1.54) is 18.6 Å². The van der Waals surface area contributed by atoms with Gasteiger partial charge in [0.05, 0.1) is 5.69 Å². The first kappa shape index (κ1) is 16.0. The first-order valence-electron chi connectivity index (χ1n) is 7.69. The molecule has 0 aromatic carbocycles. The Labute approximate surface area is 136 Å². The zero-order chi connectivity index (χ0) is 17.6. The molecule has 9 heteroatoms. The van der Waals surface area contributed by atoms with E-state index < -0.39 is 34.8 Å². The zero-order valence-corrected chi connectivity index (χ0v) is 13.4. The van der Waals surface area contributed by atoms with E-state index in [4.69, 9.17) is 5.11 Å². The number of carboxylic acid groups (broad SMARTS) is 1. The molecule has 0 unspecified atom stereocenters. The van der Waals surface area contributed by atoms with Crippen molar-refractivity contribution in [2.24, 2.45) is 7.05 Å². The van der Waals surface area contributed by atoms with Gasteiger partial charge >= 0.3 is 5.97 Å². The quantitative estimate of drug-likeness (QED) is 0.715. The molecule has 9 nitrogen and oxygen atoms in total. The summed E-state index contributed by atoms with van der Waals surface area (Å²) < 4.78 is 2.46. The number of rotatable bonds is 3. The highest BCUT2D eigenvalue weighted by atomic mass is 16.4. The minimum atomic E-state index is -1.23. The molecule has 1 aliphatic carbocycles. The van der Waals surface area contributed by atoms with Gasteiger partial charge in [-0.1, -0.05) is 0 Å². The van der Waals surface area contributed by atoms with Gasteiger partial charge in [0.1, 0.15) is 11.6 Å². The first-order valence-corrected chi connectivity index (χ1v) is 7.69. The number of carbonyl (C=O) groups is 2. The third-order valence-electron chi connectivity index (χ3n) is 4.34. The van der Waals surface area contributed by atoms with E-state index in [0.29, 0.717) is 11.9 Å². The highest BCUT2D eigenvalue weighted by molar-refractivity contribution is 6.00.